The summed E-state index contributed by atoms with van der Waals surface area (Å²) < 4.78 is 5.04. The molecule has 0 atom stereocenters. The van der Waals surface area contributed by atoms with Gasteiger partial charge in [0.15, 0.2) is 11.5 Å². The Bertz CT molecular complexity index is 497. The summed E-state index contributed by atoms with van der Waals surface area (Å²) in [6.45, 7) is 0. The number of aromatic hydroxyl groups is 1. The molecule has 0 aliphatic rings. The van der Waals surface area contributed by atoms with Crippen LogP contribution in [0.3, 0.4) is 0 Å². The molecule has 17 heavy (non-hydrogen) atoms. The van der Waals surface area contributed by atoms with Crippen molar-refractivity contribution in [1.82, 2.24) is 0 Å². The summed E-state index contributed by atoms with van der Waals surface area (Å²) in [4.78, 5) is 11.6. The maximum atomic E-state index is 11.6. The van der Waals surface area contributed by atoms with Crippen LogP contribution in [-0.4, -0.2) is 40.6 Å². The number of hydrogen-bond donors (Lipinski definition) is 1. The Kier molecular flexibility index (Phi) is 5.22. The zero-order valence-electron chi connectivity index (χ0n) is 8.46. The second-order valence-electron chi connectivity index (χ2n) is 3.22. The third-order valence-corrected chi connectivity index (χ3v) is 2.08. The molecule has 4 heteroatoms. The summed E-state index contributed by atoms with van der Waals surface area (Å²) in [6.07, 6.45) is 0. The molecule has 0 spiro atoms. The number of ether oxygens (including phenoxy) is 1. The fourth-order valence-electron chi connectivity index (χ4n) is 1.28. The van der Waals surface area contributed by atoms with Crippen molar-refractivity contribution in [1.29, 1.82) is 0 Å². The van der Waals surface area contributed by atoms with Crippen LogP contribution in [0.15, 0.2) is 54.6 Å². The van der Waals surface area contributed by atoms with Crippen molar-refractivity contribution in [3.63, 3.8) is 0 Å². The number of phenols is 1. The fraction of sp³-hybridized carbons (Fsp3) is 0. The Morgan fingerprint density at radius 1 is 0.941 bits per heavy atom. The van der Waals surface area contributed by atoms with Gasteiger partial charge < -0.3 is 9.84 Å². The Hall–Kier alpha value is -1.29. The van der Waals surface area contributed by atoms with Gasteiger partial charge in [-0.25, -0.2) is 4.79 Å². The van der Waals surface area contributed by atoms with E-state index >= 15 is 0 Å². The van der Waals surface area contributed by atoms with Crippen LogP contribution < -0.4 is 4.74 Å². The van der Waals surface area contributed by atoms with Crippen molar-refractivity contribution in [3.05, 3.63) is 60.2 Å². The number of para-hydroxylation sites is 2. The van der Waals surface area contributed by atoms with Crippen LogP contribution in [0.5, 0.6) is 11.5 Å². The number of esters is 1. The van der Waals surface area contributed by atoms with Gasteiger partial charge in [-0.15, -0.1) is 0 Å². The van der Waals surface area contributed by atoms with Gasteiger partial charge in [-0.3, -0.25) is 0 Å². The summed E-state index contributed by atoms with van der Waals surface area (Å²) in [5.41, 5.74) is 0.450. The van der Waals surface area contributed by atoms with Crippen molar-refractivity contribution in [2.75, 3.05) is 0 Å². The first-order valence-corrected chi connectivity index (χ1v) is 4.82. The minimum absolute atomic E-state index is 0. The summed E-state index contributed by atoms with van der Waals surface area (Å²) in [7, 11) is 0. The third-order valence-electron chi connectivity index (χ3n) is 2.08. The van der Waals surface area contributed by atoms with E-state index in [1.807, 2.05) is 6.07 Å². The molecule has 2 aromatic carbocycles. The van der Waals surface area contributed by atoms with Gasteiger partial charge in [-0.1, -0.05) is 30.3 Å². The standard InChI is InChI=1S/C13H10O3.Na.H/c14-11-8-4-5-9-12(11)16-13(15)10-6-2-1-3-7-10;;/h1-9,14H;;. The molecule has 2 rings (SSSR count). The van der Waals surface area contributed by atoms with Crippen molar-refractivity contribution in [2.45, 2.75) is 0 Å². The van der Waals surface area contributed by atoms with Crippen molar-refractivity contribution in [2.24, 2.45) is 0 Å². The molecule has 3 nitrogen and oxygen atoms in total. The molecular formula is C13H11NaO3. The monoisotopic (exact) mass is 238 g/mol. The zero-order chi connectivity index (χ0) is 11.4. The normalized spacial score (nSPS) is 9.18. The molecule has 0 aliphatic carbocycles. The molecule has 1 N–H and O–H groups in total. The van der Waals surface area contributed by atoms with E-state index in [4.69, 9.17) is 4.74 Å². The van der Waals surface area contributed by atoms with E-state index in [-0.39, 0.29) is 41.1 Å². The Morgan fingerprint density at radius 2 is 1.53 bits per heavy atom. The number of carbonyl (C=O) groups excluding carboxylic acids is 1. The van der Waals surface area contributed by atoms with E-state index in [1.165, 1.54) is 12.1 Å². The van der Waals surface area contributed by atoms with Crippen LogP contribution in [-0.2, 0) is 0 Å². The molecule has 0 unspecified atom stereocenters. The van der Waals surface area contributed by atoms with Crippen LogP contribution in [0.2, 0.25) is 0 Å². The van der Waals surface area contributed by atoms with E-state index in [1.54, 1.807) is 36.4 Å². The number of benzene rings is 2. The van der Waals surface area contributed by atoms with Gasteiger partial charge in [0, 0.05) is 0 Å². The average molecular weight is 238 g/mol. The molecule has 2 aromatic rings. The van der Waals surface area contributed by atoms with Crippen molar-refractivity contribution >= 4 is 35.5 Å². The number of hydrogen-bond acceptors (Lipinski definition) is 3. The van der Waals surface area contributed by atoms with Crippen LogP contribution in [0.4, 0.5) is 0 Å². The molecule has 0 amide bonds. The SMILES string of the molecule is O=C(Oc1ccccc1O)c1ccccc1.[NaH]. The van der Waals surface area contributed by atoms with E-state index in [0.29, 0.717) is 5.56 Å². The third kappa shape index (κ3) is 3.60. The first-order chi connectivity index (χ1) is 7.77. The molecule has 0 radical (unpaired) electrons. The van der Waals surface area contributed by atoms with E-state index < -0.39 is 5.97 Å². The van der Waals surface area contributed by atoms with Gasteiger partial charge in [0.2, 0.25) is 0 Å². The summed E-state index contributed by atoms with van der Waals surface area (Å²) in [5, 5.41) is 9.43. The second-order valence-corrected chi connectivity index (χ2v) is 3.22. The second kappa shape index (κ2) is 6.45. The maximum absolute atomic E-state index is 11.6. The molecule has 0 heterocycles. The van der Waals surface area contributed by atoms with Gasteiger partial charge in [-0.05, 0) is 24.3 Å². The molecule has 0 saturated heterocycles. The summed E-state index contributed by atoms with van der Waals surface area (Å²) >= 11 is 0. The minimum atomic E-state index is -0.484. The summed E-state index contributed by atoms with van der Waals surface area (Å²) in [5.74, 6) is -0.370. The number of phenolic OH excluding ortho intramolecular Hbond substituents is 1. The van der Waals surface area contributed by atoms with Crippen LogP contribution >= 0.6 is 0 Å². The molecular weight excluding hydrogens is 227 g/mol. The first-order valence-electron chi connectivity index (χ1n) is 4.82. The molecule has 0 saturated carbocycles. The number of rotatable bonds is 2. The van der Waals surface area contributed by atoms with Gasteiger partial charge in [0.25, 0.3) is 0 Å². The quantitative estimate of drug-likeness (QED) is 0.494. The van der Waals surface area contributed by atoms with Gasteiger partial charge in [-0.2, -0.15) is 0 Å². The van der Waals surface area contributed by atoms with Gasteiger partial charge in [0.1, 0.15) is 0 Å². The molecule has 0 bridgehead atoms. The van der Waals surface area contributed by atoms with E-state index in [2.05, 4.69) is 0 Å². The average Bonchev–Trinajstić information content (AvgIpc) is 2.33. The Labute approximate surface area is 121 Å². The number of carbonyl (C=O) groups is 1. The molecule has 0 aromatic heterocycles. The summed E-state index contributed by atoms with van der Waals surface area (Å²) in [6, 6.07) is 15.0. The van der Waals surface area contributed by atoms with Crippen LogP contribution in [0, 0.1) is 0 Å². The molecule has 0 fully saturated rings. The van der Waals surface area contributed by atoms with Crippen LogP contribution in [0.25, 0.3) is 0 Å². The van der Waals surface area contributed by atoms with Gasteiger partial charge in [0.05, 0.1) is 5.56 Å². The van der Waals surface area contributed by atoms with Gasteiger partial charge >= 0.3 is 35.5 Å². The van der Waals surface area contributed by atoms with Crippen molar-refractivity contribution < 1.29 is 14.6 Å². The van der Waals surface area contributed by atoms with Crippen molar-refractivity contribution in [3.8, 4) is 11.5 Å². The van der Waals surface area contributed by atoms with E-state index in [9.17, 15) is 9.90 Å². The van der Waals surface area contributed by atoms with Crippen LogP contribution in [0.1, 0.15) is 10.4 Å². The zero-order valence-corrected chi connectivity index (χ0v) is 8.46. The Morgan fingerprint density at radius 3 is 2.18 bits per heavy atom. The molecule has 0 aliphatic heterocycles. The predicted octanol–water partition coefficient (Wildman–Crippen LogP) is 1.96. The fourth-order valence-corrected chi connectivity index (χ4v) is 1.28. The first kappa shape index (κ1) is 13.8. The molecule has 82 valence electrons. The van der Waals surface area contributed by atoms with E-state index in [0.717, 1.165) is 0 Å². The topological polar surface area (TPSA) is 46.5 Å². The Balaban J connectivity index is 0.00000144. The predicted molar refractivity (Wildman–Crippen MR) is 66.7 cm³/mol.